The molecule has 1 aromatic carbocycles. The molecule has 1 aliphatic heterocycles. The fourth-order valence-corrected chi connectivity index (χ4v) is 3.92. The van der Waals surface area contributed by atoms with Crippen molar-refractivity contribution in [2.75, 3.05) is 12.4 Å². The van der Waals surface area contributed by atoms with E-state index in [2.05, 4.69) is 46.9 Å². The molecule has 118 valence electrons. The molecule has 1 aliphatic rings. The number of fused-ring (bicyclic) bond motifs is 3. The predicted octanol–water partition coefficient (Wildman–Crippen LogP) is 4.64. The number of benzene rings is 1. The molecule has 22 heavy (non-hydrogen) atoms. The van der Waals surface area contributed by atoms with Gasteiger partial charge >= 0.3 is 0 Å². The van der Waals surface area contributed by atoms with Crippen LogP contribution in [0, 0.1) is 5.92 Å². The van der Waals surface area contributed by atoms with E-state index < -0.39 is 0 Å². The lowest BCUT2D eigenvalue weighted by molar-refractivity contribution is -0.131. The van der Waals surface area contributed by atoms with Gasteiger partial charge in [0, 0.05) is 27.6 Å². The van der Waals surface area contributed by atoms with E-state index in [1.54, 1.807) is 0 Å². The first-order valence-corrected chi connectivity index (χ1v) is 8.99. The van der Waals surface area contributed by atoms with Gasteiger partial charge in [0.25, 0.3) is 0 Å². The van der Waals surface area contributed by atoms with Gasteiger partial charge in [-0.2, -0.15) is 0 Å². The van der Waals surface area contributed by atoms with Crippen molar-refractivity contribution in [3.63, 3.8) is 0 Å². The largest absolute Gasteiger partial charge is 0.356 e. The van der Waals surface area contributed by atoms with E-state index in [0.717, 1.165) is 29.4 Å². The van der Waals surface area contributed by atoms with Crippen molar-refractivity contribution in [2.24, 2.45) is 5.92 Å². The number of aromatic nitrogens is 1. The van der Waals surface area contributed by atoms with E-state index in [-0.39, 0.29) is 17.8 Å². The van der Waals surface area contributed by atoms with Crippen LogP contribution in [-0.2, 0) is 11.2 Å². The number of rotatable bonds is 3. The number of H-pyrrole nitrogens is 1. The average molecular weight is 384 g/mol. The summed E-state index contributed by atoms with van der Waals surface area (Å²) in [6, 6.07) is 6.40. The van der Waals surface area contributed by atoms with Gasteiger partial charge in [0.15, 0.2) is 0 Å². The number of amides is 1. The molecule has 5 heteroatoms. The van der Waals surface area contributed by atoms with Crippen LogP contribution in [0.5, 0.6) is 0 Å². The highest BCUT2D eigenvalue weighted by Crippen LogP contribution is 2.38. The van der Waals surface area contributed by atoms with Gasteiger partial charge in [0.1, 0.15) is 5.88 Å². The molecule has 0 spiro atoms. The fraction of sp³-hybridized carbons (Fsp3) is 0.471. The molecule has 2 aromatic rings. The summed E-state index contributed by atoms with van der Waals surface area (Å²) in [6.45, 7) is 5.13. The van der Waals surface area contributed by atoms with E-state index in [1.165, 1.54) is 16.6 Å². The molecule has 0 saturated carbocycles. The molecule has 0 fully saturated rings. The number of hydrogen-bond acceptors (Lipinski definition) is 1. The summed E-state index contributed by atoms with van der Waals surface area (Å²) in [6.07, 6.45) is 1.83. The Bertz CT molecular complexity index is 710. The van der Waals surface area contributed by atoms with E-state index >= 15 is 0 Å². The quantitative estimate of drug-likeness (QED) is 0.770. The van der Waals surface area contributed by atoms with Crippen LogP contribution >= 0.6 is 27.5 Å². The third kappa shape index (κ3) is 2.79. The highest BCUT2D eigenvalue weighted by atomic mass is 79.9. The van der Waals surface area contributed by atoms with Gasteiger partial charge in [0.2, 0.25) is 5.91 Å². The summed E-state index contributed by atoms with van der Waals surface area (Å²) < 4.78 is 1.08. The first-order valence-electron chi connectivity index (χ1n) is 7.66. The first kappa shape index (κ1) is 15.9. The average Bonchev–Trinajstić information content (AvgIpc) is 2.85. The zero-order valence-electron chi connectivity index (χ0n) is 12.8. The van der Waals surface area contributed by atoms with Gasteiger partial charge in [-0.25, -0.2) is 0 Å². The van der Waals surface area contributed by atoms with Crippen molar-refractivity contribution in [3.8, 4) is 0 Å². The lowest BCUT2D eigenvalue weighted by Gasteiger charge is -2.36. The normalized spacial score (nSPS) is 18.0. The Hall–Kier alpha value is -1.00. The van der Waals surface area contributed by atoms with Crippen LogP contribution in [0.2, 0.25) is 0 Å². The number of hydrogen-bond donors (Lipinski definition) is 1. The molecule has 1 atom stereocenters. The third-order valence-corrected chi connectivity index (χ3v) is 5.06. The molecule has 0 aliphatic carbocycles. The van der Waals surface area contributed by atoms with Gasteiger partial charge in [-0.05, 0) is 42.5 Å². The zero-order chi connectivity index (χ0) is 15.9. The minimum atomic E-state index is 0.0257. The fourth-order valence-electron chi connectivity index (χ4n) is 3.41. The van der Waals surface area contributed by atoms with Crippen LogP contribution in [0.1, 0.15) is 37.6 Å². The minimum absolute atomic E-state index is 0.0257. The number of nitrogens with one attached hydrogen (secondary N) is 1. The van der Waals surface area contributed by atoms with Gasteiger partial charge in [-0.3, -0.25) is 4.79 Å². The molecule has 1 N–H and O–H groups in total. The molecular weight excluding hydrogens is 364 g/mol. The lowest BCUT2D eigenvalue weighted by Crippen LogP contribution is -2.41. The van der Waals surface area contributed by atoms with Crippen LogP contribution in [0.4, 0.5) is 0 Å². The Balaban J connectivity index is 2.10. The van der Waals surface area contributed by atoms with E-state index in [4.69, 9.17) is 11.6 Å². The monoisotopic (exact) mass is 382 g/mol. The van der Waals surface area contributed by atoms with Gasteiger partial charge in [-0.15, -0.1) is 11.6 Å². The summed E-state index contributed by atoms with van der Waals surface area (Å²) in [5.41, 5.74) is 3.68. The molecule has 0 radical (unpaired) electrons. The molecule has 0 bridgehead atoms. The number of alkyl halides is 1. The summed E-state index contributed by atoms with van der Waals surface area (Å²) in [5.74, 6) is 0.591. The topological polar surface area (TPSA) is 36.1 Å². The van der Waals surface area contributed by atoms with Crippen LogP contribution in [0.25, 0.3) is 10.9 Å². The summed E-state index contributed by atoms with van der Waals surface area (Å²) in [5, 5.41) is 1.26. The molecule has 3 rings (SSSR count). The van der Waals surface area contributed by atoms with Gasteiger partial charge in [-0.1, -0.05) is 29.8 Å². The summed E-state index contributed by atoms with van der Waals surface area (Å²) >= 11 is 9.36. The number of aromatic amines is 1. The second-order valence-electron chi connectivity index (χ2n) is 6.32. The zero-order valence-corrected chi connectivity index (χ0v) is 15.2. The molecule has 1 amide bonds. The van der Waals surface area contributed by atoms with Crippen molar-refractivity contribution in [3.05, 3.63) is 33.9 Å². The number of halogens is 2. The maximum atomic E-state index is 12.2. The van der Waals surface area contributed by atoms with Crippen LogP contribution in [0.3, 0.4) is 0 Å². The lowest BCUT2D eigenvalue weighted by atomic mass is 9.91. The molecule has 1 aromatic heterocycles. The van der Waals surface area contributed by atoms with Crippen LogP contribution in [-0.4, -0.2) is 28.2 Å². The SMILES string of the molecule is CC(C)CC1c2[nH]c3ccc(Br)cc3c2CCN1C(=O)CCl. The number of carbonyl (C=O) groups is 1. The van der Waals surface area contributed by atoms with Gasteiger partial charge in [0.05, 0.1) is 6.04 Å². The molecular formula is C17H20BrClN2O. The third-order valence-electron chi connectivity index (χ3n) is 4.34. The molecule has 1 unspecified atom stereocenters. The van der Waals surface area contributed by atoms with Crippen molar-refractivity contribution >= 4 is 44.3 Å². The molecule has 0 saturated heterocycles. The van der Waals surface area contributed by atoms with Crippen LogP contribution < -0.4 is 0 Å². The molecule has 3 nitrogen and oxygen atoms in total. The maximum absolute atomic E-state index is 12.2. The highest BCUT2D eigenvalue weighted by Gasteiger charge is 2.33. The van der Waals surface area contributed by atoms with E-state index in [1.807, 2.05) is 11.0 Å². The van der Waals surface area contributed by atoms with Crippen molar-refractivity contribution in [2.45, 2.75) is 32.7 Å². The Morgan fingerprint density at radius 1 is 1.50 bits per heavy atom. The van der Waals surface area contributed by atoms with Gasteiger partial charge < -0.3 is 9.88 Å². The summed E-state index contributed by atoms with van der Waals surface area (Å²) in [4.78, 5) is 17.7. The van der Waals surface area contributed by atoms with E-state index in [9.17, 15) is 4.79 Å². The second kappa shape index (κ2) is 6.25. The second-order valence-corrected chi connectivity index (χ2v) is 7.51. The summed E-state index contributed by atoms with van der Waals surface area (Å²) in [7, 11) is 0. The number of nitrogens with zero attached hydrogens (tertiary/aromatic N) is 1. The Labute approximate surface area is 144 Å². The number of carbonyl (C=O) groups excluding carboxylic acids is 1. The Morgan fingerprint density at radius 3 is 2.95 bits per heavy atom. The Kier molecular flexibility index (Phi) is 4.51. The van der Waals surface area contributed by atoms with Crippen LogP contribution in [0.15, 0.2) is 22.7 Å². The minimum Gasteiger partial charge on any atom is -0.356 e. The maximum Gasteiger partial charge on any atom is 0.238 e. The smallest absolute Gasteiger partial charge is 0.238 e. The Morgan fingerprint density at radius 2 is 2.27 bits per heavy atom. The van der Waals surface area contributed by atoms with E-state index in [0.29, 0.717) is 5.92 Å². The van der Waals surface area contributed by atoms with Crippen molar-refractivity contribution in [1.82, 2.24) is 9.88 Å². The highest BCUT2D eigenvalue weighted by molar-refractivity contribution is 9.10. The standard InChI is InChI=1S/C17H20BrClN2O/c1-10(2)7-15-17-12(5-6-21(15)16(22)9-19)13-8-11(18)3-4-14(13)20-17/h3-4,8,10,15,20H,5-7,9H2,1-2H3. The molecule has 2 heterocycles. The van der Waals surface area contributed by atoms with Crippen molar-refractivity contribution < 1.29 is 4.79 Å². The van der Waals surface area contributed by atoms with Crippen molar-refractivity contribution in [1.29, 1.82) is 0 Å². The predicted molar refractivity (Wildman–Crippen MR) is 94.3 cm³/mol. The first-order chi connectivity index (χ1) is 10.5.